The van der Waals surface area contributed by atoms with Crippen LogP contribution in [0.15, 0.2) is 24.3 Å². The van der Waals surface area contributed by atoms with Crippen molar-refractivity contribution in [3.8, 4) is 5.75 Å². The molecule has 1 fully saturated rings. The van der Waals surface area contributed by atoms with Crippen molar-refractivity contribution in [3.05, 3.63) is 29.8 Å². The van der Waals surface area contributed by atoms with Crippen molar-refractivity contribution in [1.82, 2.24) is 4.90 Å². The molecular formula is C16H25NO4S. The third-order valence-corrected chi connectivity index (χ3v) is 5.83. The first-order chi connectivity index (χ1) is 10.4. The average Bonchev–Trinajstić information content (AvgIpc) is 2.85. The van der Waals surface area contributed by atoms with E-state index in [1.807, 2.05) is 36.2 Å². The van der Waals surface area contributed by atoms with Crippen LogP contribution in [0.25, 0.3) is 0 Å². The zero-order chi connectivity index (χ0) is 16.2. The number of nitrogens with zero attached hydrogens (tertiary/aromatic N) is 1. The maximum atomic E-state index is 11.5. The third kappa shape index (κ3) is 4.97. The first-order valence-corrected chi connectivity index (χ1v) is 9.52. The number of rotatable bonds is 7. The molecule has 2 atom stereocenters. The second-order valence-electron chi connectivity index (χ2n) is 5.96. The number of aliphatic hydroxyl groups is 1. The van der Waals surface area contributed by atoms with E-state index < -0.39 is 15.9 Å². The zero-order valence-corrected chi connectivity index (χ0v) is 14.1. The minimum atomic E-state index is -2.89. The van der Waals surface area contributed by atoms with Crippen LogP contribution >= 0.6 is 0 Å². The van der Waals surface area contributed by atoms with Crippen LogP contribution in [0.4, 0.5) is 0 Å². The van der Waals surface area contributed by atoms with E-state index in [1.165, 1.54) is 5.56 Å². The summed E-state index contributed by atoms with van der Waals surface area (Å²) < 4.78 is 28.6. The smallest absolute Gasteiger partial charge is 0.151 e. The molecule has 0 saturated carbocycles. The molecule has 0 spiro atoms. The Hall–Kier alpha value is -1.11. The van der Waals surface area contributed by atoms with Crippen molar-refractivity contribution in [2.45, 2.75) is 31.9 Å². The van der Waals surface area contributed by atoms with Gasteiger partial charge in [-0.15, -0.1) is 0 Å². The van der Waals surface area contributed by atoms with Crippen molar-refractivity contribution in [1.29, 1.82) is 0 Å². The quantitative estimate of drug-likeness (QED) is 0.812. The van der Waals surface area contributed by atoms with E-state index in [0.29, 0.717) is 13.0 Å². The van der Waals surface area contributed by atoms with Gasteiger partial charge in [0.15, 0.2) is 9.84 Å². The Morgan fingerprint density at radius 3 is 2.86 bits per heavy atom. The molecule has 0 bridgehead atoms. The fourth-order valence-electron chi connectivity index (χ4n) is 2.70. The summed E-state index contributed by atoms with van der Waals surface area (Å²) in [5.41, 5.74) is 1.19. The highest BCUT2D eigenvalue weighted by molar-refractivity contribution is 7.91. The predicted octanol–water partition coefficient (Wildman–Crippen LogP) is 1.11. The van der Waals surface area contributed by atoms with Gasteiger partial charge in [0.2, 0.25) is 0 Å². The fraction of sp³-hybridized carbons (Fsp3) is 0.625. The summed E-state index contributed by atoms with van der Waals surface area (Å²) in [6, 6.07) is 7.83. The van der Waals surface area contributed by atoms with Gasteiger partial charge in [-0.3, -0.25) is 4.90 Å². The van der Waals surface area contributed by atoms with Crippen LogP contribution in [0, 0.1) is 0 Å². The van der Waals surface area contributed by atoms with Crippen molar-refractivity contribution < 1.29 is 18.3 Å². The molecule has 0 radical (unpaired) electrons. The summed E-state index contributed by atoms with van der Waals surface area (Å²) in [6.07, 6.45) is 0.947. The van der Waals surface area contributed by atoms with Crippen LogP contribution in [0.5, 0.6) is 5.75 Å². The molecule has 0 aromatic heterocycles. The van der Waals surface area contributed by atoms with Gasteiger partial charge in [0, 0.05) is 12.6 Å². The van der Waals surface area contributed by atoms with Gasteiger partial charge >= 0.3 is 0 Å². The van der Waals surface area contributed by atoms with Crippen LogP contribution in [0.2, 0.25) is 0 Å². The highest BCUT2D eigenvalue weighted by Gasteiger charge is 2.31. The Balaban J connectivity index is 1.79. The van der Waals surface area contributed by atoms with Gasteiger partial charge in [-0.2, -0.15) is 0 Å². The molecule has 1 saturated heterocycles. The number of hydrogen-bond acceptors (Lipinski definition) is 5. The van der Waals surface area contributed by atoms with E-state index in [9.17, 15) is 13.5 Å². The summed E-state index contributed by atoms with van der Waals surface area (Å²) in [5.74, 6) is 1.19. The van der Waals surface area contributed by atoms with Crippen LogP contribution in [-0.4, -0.2) is 62.3 Å². The summed E-state index contributed by atoms with van der Waals surface area (Å²) in [7, 11) is -1.04. The SMILES string of the molecule is CCc1cccc(OC[C@H](O)CN(C)[C@H]2CCS(=O)(=O)C2)c1. The summed E-state index contributed by atoms with van der Waals surface area (Å²) in [5, 5.41) is 10.1. The number of benzene rings is 1. The number of likely N-dealkylation sites (N-methyl/N-ethyl adjacent to an activating group) is 1. The lowest BCUT2D eigenvalue weighted by atomic mass is 10.2. The van der Waals surface area contributed by atoms with Crippen molar-refractivity contribution >= 4 is 9.84 Å². The Labute approximate surface area is 132 Å². The third-order valence-electron chi connectivity index (χ3n) is 4.08. The van der Waals surface area contributed by atoms with Crippen LogP contribution in [0.3, 0.4) is 0 Å². The lowest BCUT2D eigenvalue weighted by Gasteiger charge is -2.25. The summed E-state index contributed by atoms with van der Waals surface area (Å²) in [4.78, 5) is 1.92. The standard InChI is InChI=1S/C16H25NO4S/c1-3-13-5-4-6-16(9-13)21-11-15(18)10-17(2)14-7-8-22(19,20)12-14/h4-6,9,14-15,18H,3,7-8,10-12H2,1-2H3/t14-,15+/m0/s1. The van der Waals surface area contributed by atoms with Gasteiger partial charge in [-0.25, -0.2) is 8.42 Å². The largest absolute Gasteiger partial charge is 0.491 e. The molecule has 0 unspecified atom stereocenters. The average molecular weight is 327 g/mol. The molecule has 1 aliphatic heterocycles. The lowest BCUT2D eigenvalue weighted by molar-refractivity contribution is 0.0664. The fourth-order valence-corrected chi connectivity index (χ4v) is 4.51. The van der Waals surface area contributed by atoms with Gasteiger partial charge < -0.3 is 9.84 Å². The maximum Gasteiger partial charge on any atom is 0.151 e. The van der Waals surface area contributed by atoms with Gasteiger partial charge in [-0.1, -0.05) is 19.1 Å². The van der Waals surface area contributed by atoms with Gasteiger partial charge in [0.25, 0.3) is 0 Å². The van der Waals surface area contributed by atoms with E-state index >= 15 is 0 Å². The molecule has 1 aliphatic rings. The lowest BCUT2D eigenvalue weighted by Crippen LogP contribution is -2.40. The number of aliphatic hydroxyl groups excluding tert-OH is 1. The maximum absolute atomic E-state index is 11.5. The molecular weight excluding hydrogens is 302 g/mol. The molecule has 1 N–H and O–H groups in total. The van der Waals surface area contributed by atoms with Crippen molar-refractivity contribution in [2.24, 2.45) is 0 Å². The molecule has 0 amide bonds. The van der Waals surface area contributed by atoms with Crippen LogP contribution < -0.4 is 4.74 Å². The second kappa shape index (κ2) is 7.44. The minimum absolute atomic E-state index is 0.00284. The number of hydrogen-bond donors (Lipinski definition) is 1. The number of ether oxygens (including phenoxy) is 1. The van der Waals surface area contributed by atoms with E-state index in [0.717, 1.165) is 12.2 Å². The highest BCUT2D eigenvalue weighted by atomic mass is 32.2. The zero-order valence-electron chi connectivity index (χ0n) is 13.2. The van der Waals surface area contributed by atoms with E-state index in [-0.39, 0.29) is 24.2 Å². The van der Waals surface area contributed by atoms with Gasteiger partial charge in [-0.05, 0) is 37.6 Å². The minimum Gasteiger partial charge on any atom is -0.491 e. The van der Waals surface area contributed by atoms with Crippen LogP contribution in [-0.2, 0) is 16.3 Å². The summed E-state index contributed by atoms with van der Waals surface area (Å²) in [6.45, 7) is 2.70. The molecule has 124 valence electrons. The molecule has 1 aromatic carbocycles. The predicted molar refractivity (Wildman–Crippen MR) is 87.0 cm³/mol. The Bertz CT molecular complexity index is 588. The molecule has 6 heteroatoms. The van der Waals surface area contributed by atoms with Gasteiger partial charge in [0.05, 0.1) is 11.5 Å². The molecule has 1 aromatic rings. The number of sulfone groups is 1. The van der Waals surface area contributed by atoms with E-state index in [2.05, 4.69) is 6.92 Å². The summed E-state index contributed by atoms with van der Waals surface area (Å²) >= 11 is 0. The molecule has 5 nitrogen and oxygen atoms in total. The highest BCUT2D eigenvalue weighted by Crippen LogP contribution is 2.17. The van der Waals surface area contributed by atoms with Gasteiger partial charge in [0.1, 0.15) is 18.5 Å². The van der Waals surface area contributed by atoms with E-state index in [4.69, 9.17) is 4.74 Å². The van der Waals surface area contributed by atoms with Crippen molar-refractivity contribution in [2.75, 3.05) is 31.7 Å². The van der Waals surface area contributed by atoms with Crippen molar-refractivity contribution in [3.63, 3.8) is 0 Å². The Morgan fingerprint density at radius 2 is 2.23 bits per heavy atom. The molecule has 2 rings (SSSR count). The Kier molecular flexibility index (Phi) is 5.83. The first kappa shape index (κ1) is 17.2. The molecule has 1 heterocycles. The Morgan fingerprint density at radius 1 is 1.45 bits per heavy atom. The van der Waals surface area contributed by atoms with E-state index in [1.54, 1.807) is 0 Å². The normalized spacial score (nSPS) is 21.9. The number of aryl methyl sites for hydroxylation is 1. The molecule has 22 heavy (non-hydrogen) atoms. The molecule has 0 aliphatic carbocycles. The first-order valence-electron chi connectivity index (χ1n) is 7.70. The monoisotopic (exact) mass is 327 g/mol. The topological polar surface area (TPSA) is 66.8 Å². The van der Waals surface area contributed by atoms with Crippen LogP contribution in [0.1, 0.15) is 18.9 Å². The second-order valence-corrected chi connectivity index (χ2v) is 8.19.